The molecule has 3 heteroatoms. The van der Waals surface area contributed by atoms with Gasteiger partial charge in [-0.3, -0.25) is 0 Å². The summed E-state index contributed by atoms with van der Waals surface area (Å²) in [6, 6.07) is 0.783. The molecule has 2 fully saturated rings. The van der Waals surface area contributed by atoms with E-state index in [0.717, 1.165) is 12.6 Å². The van der Waals surface area contributed by atoms with Gasteiger partial charge in [-0.2, -0.15) is 11.8 Å². The van der Waals surface area contributed by atoms with Crippen molar-refractivity contribution < 1.29 is 0 Å². The molecule has 0 spiro atoms. The number of rotatable bonds is 4. The van der Waals surface area contributed by atoms with E-state index in [-0.39, 0.29) is 0 Å². The Labute approximate surface area is 105 Å². The summed E-state index contributed by atoms with van der Waals surface area (Å²) in [6.07, 6.45) is 5.53. The monoisotopic (exact) mass is 242 g/mol. The van der Waals surface area contributed by atoms with Crippen LogP contribution < -0.4 is 5.32 Å². The molecule has 2 saturated heterocycles. The first kappa shape index (κ1) is 12.7. The highest BCUT2D eigenvalue weighted by molar-refractivity contribution is 8.00. The van der Waals surface area contributed by atoms with Crippen LogP contribution in [-0.4, -0.2) is 47.6 Å². The number of piperidine rings is 1. The van der Waals surface area contributed by atoms with E-state index in [1.165, 1.54) is 51.1 Å². The van der Waals surface area contributed by atoms with Crippen LogP contribution in [0.25, 0.3) is 0 Å². The molecule has 2 rings (SSSR count). The molecule has 1 N–H and O–H groups in total. The van der Waals surface area contributed by atoms with E-state index in [0.29, 0.717) is 4.75 Å². The average molecular weight is 242 g/mol. The predicted molar refractivity (Wildman–Crippen MR) is 73.2 cm³/mol. The van der Waals surface area contributed by atoms with Gasteiger partial charge in [0.05, 0.1) is 0 Å². The van der Waals surface area contributed by atoms with Crippen molar-refractivity contribution >= 4 is 11.8 Å². The van der Waals surface area contributed by atoms with Gasteiger partial charge in [-0.25, -0.2) is 0 Å². The molecule has 0 saturated carbocycles. The average Bonchev–Trinajstić information content (AvgIpc) is 2.68. The van der Waals surface area contributed by atoms with E-state index in [9.17, 15) is 0 Å². The van der Waals surface area contributed by atoms with Crippen molar-refractivity contribution in [3.05, 3.63) is 0 Å². The van der Waals surface area contributed by atoms with Gasteiger partial charge in [0.15, 0.2) is 0 Å². The highest BCUT2D eigenvalue weighted by Gasteiger charge is 2.32. The molecular weight excluding hydrogens is 216 g/mol. The zero-order valence-corrected chi connectivity index (χ0v) is 11.6. The molecule has 1 unspecified atom stereocenters. The molecule has 0 amide bonds. The first-order valence-corrected chi connectivity index (χ1v) is 7.80. The summed E-state index contributed by atoms with van der Waals surface area (Å²) in [7, 11) is 0. The molecule has 2 nitrogen and oxygen atoms in total. The van der Waals surface area contributed by atoms with Gasteiger partial charge < -0.3 is 10.2 Å². The number of hydrogen-bond acceptors (Lipinski definition) is 3. The van der Waals surface area contributed by atoms with Crippen molar-refractivity contribution in [3.8, 4) is 0 Å². The van der Waals surface area contributed by atoms with Gasteiger partial charge in [-0.15, -0.1) is 0 Å². The van der Waals surface area contributed by atoms with E-state index in [4.69, 9.17) is 0 Å². The molecule has 0 aromatic heterocycles. The van der Waals surface area contributed by atoms with Crippen LogP contribution in [0.3, 0.4) is 0 Å². The fraction of sp³-hybridized carbons (Fsp3) is 1.00. The van der Waals surface area contributed by atoms with Crippen molar-refractivity contribution in [1.29, 1.82) is 0 Å². The number of thioether (sulfide) groups is 1. The smallest absolute Gasteiger partial charge is 0.0259 e. The van der Waals surface area contributed by atoms with Gasteiger partial charge in [0, 0.05) is 17.3 Å². The van der Waals surface area contributed by atoms with Gasteiger partial charge in [0.25, 0.3) is 0 Å². The summed E-state index contributed by atoms with van der Waals surface area (Å²) in [6.45, 7) is 9.71. The topological polar surface area (TPSA) is 15.3 Å². The minimum atomic E-state index is 0.561. The summed E-state index contributed by atoms with van der Waals surface area (Å²) in [5.74, 6) is 1.38. The maximum absolute atomic E-state index is 3.58. The minimum absolute atomic E-state index is 0.561. The van der Waals surface area contributed by atoms with Crippen LogP contribution in [0.2, 0.25) is 0 Å². The normalized spacial score (nSPS) is 33.4. The molecule has 16 heavy (non-hydrogen) atoms. The molecule has 94 valence electrons. The summed E-state index contributed by atoms with van der Waals surface area (Å²) in [5.41, 5.74) is 0. The number of nitrogens with zero attached hydrogens (tertiary/aromatic N) is 1. The van der Waals surface area contributed by atoms with Crippen molar-refractivity contribution in [1.82, 2.24) is 10.2 Å². The molecular formula is C13H26N2S. The van der Waals surface area contributed by atoms with Gasteiger partial charge in [0.2, 0.25) is 0 Å². The Morgan fingerprint density at radius 2 is 2.12 bits per heavy atom. The largest absolute Gasteiger partial charge is 0.314 e. The Morgan fingerprint density at radius 1 is 1.38 bits per heavy atom. The highest BCUT2D eigenvalue weighted by atomic mass is 32.2. The minimum Gasteiger partial charge on any atom is -0.314 e. The Morgan fingerprint density at radius 3 is 2.69 bits per heavy atom. The third-order valence-electron chi connectivity index (χ3n) is 3.94. The third-order valence-corrected chi connectivity index (χ3v) is 5.46. The van der Waals surface area contributed by atoms with E-state index >= 15 is 0 Å². The van der Waals surface area contributed by atoms with E-state index in [2.05, 4.69) is 35.8 Å². The lowest BCUT2D eigenvalue weighted by molar-refractivity contribution is 0.184. The first-order chi connectivity index (χ1) is 7.72. The van der Waals surface area contributed by atoms with Gasteiger partial charge in [0.1, 0.15) is 0 Å². The third kappa shape index (κ3) is 3.38. The van der Waals surface area contributed by atoms with Crippen molar-refractivity contribution in [3.63, 3.8) is 0 Å². The fourth-order valence-electron chi connectivity index (χ4n) is 3.02. The van der Waals surface area contributed by atoms with Crippen LogP contribution in [0.4, 0.5) is 0 Å². The second kappa shape index (κ2) is 5.74. The first-order valence-electron chi connectivity index (χ1n) is 6.81. The van der Waals surface area contributed by atoms with Crippen LogP contribution in [0.5, 0.6) is 0 Å². The Bertz CT molecular complexity index is 206. The molecule has 0 bridgehead atoms. The Hall–Kier alpha value is 0.270. The lowest BCUT2D eigenvalue weighted by Gasteiger charge is -2.37. The maximum Gasteiger partial charge on any atom is 0.0259 e. The molecule has 0 aliphatic carbocycles. The van der Waals surface area contributed by atoms with E-state index in [1.54, 1.807) is 0 Å². The lowest BCUT2D eigenvalue weighted by atomic mass is 10.0. The molecule has 1 atom stereocenters. The van der Waals surface area contributed by atoms with Crippen molar-refractivity contribution in [2.45, 2.75) is 50.3 Å². The highest BCUT2D eigenvalue weighted by Crippen LogP contribution is 2.38. The van der Waals surface area contributed by atoms with Gasteiger partial charge in [-0.1, -0.05) is 6.92 Å². The molecule has 0 aromatic rings. The van der Waals surface area contributed by atoms with Crippen LogP contribution >= 0.6 is 11.8 Å². The molecule has 2 heterocycles. The Balaban J connectivity index is 1.72. The number of hydrogen-bond donors (Lipinski definition) is 1. The predicted octanol–water partition coefficient (Wildman–Crippen LogP) is 2.35. The van der Waals surface area contributed by atoms with E-state index in [1.807, 2.05) is 0 Å². The lowest BCUT2D eigenvalue weighted by Crippen LogP contribution is -2.46. The van der Waals surface area contributed by atoms with Gasteiger partial charge in [-0.05, 0) is 58.0 Å². The van der Waals surface area contributed by atoms with Gasteiger partial charge >= 0.3 is 0 Å². The molecule has 2 aliphatic heterocycles. The SMILES string of the molecule is CCNC1CCN(CC2(C)CCCS2)CC1. The molecule has 0 aromatic carbocycles. The van der Waals surface area contributed by atoms with Crippen LogP contribution in [0.1, 0.15) is 39.5 Å². The molecule has 2 aliphatic rings. The van der Waals surface area contributed by atoms with Crippen LogP contribution in [-0.2, 0) is 0 Å². The quantitative estimate of drug-likeness (QED) is 0.815. The van der Waals surface area contributed by atoms with E-state index < -0.39 is 0 Å². The van der Waals surface area contributed by atoms with Crippen molar-refractivity contribution in [2.24, 2.45) is 0 Å². The summed E-state index contributed by atoms with van der Waals surface area (Å²) < 4.78 is 0.561. The standard InChI is InChI=1S/C13H26N2S/c1-3-14-12-5-8-15(9-6-12)11-13(2)7-4-10-16-13/h12,14H,3-11H2,1-2H3. The zero-order valence-electron chi connectivity index (χ0n) is 10.8. The summed E-state index contributed by atoms with van der Waals surface area (Å²) >= 11 is 2.19. The second-order valence-corrected chi connectivity index (χ2v) is 7.19. The summed E-state index contributed by atoms with van der Waals surface area (Å²) in [4.78, 5) is 2.69. The van der Waals surface area contributed by atoms with Crippen molar-refractivity contribution in [2.75, 3.05) is 31.9 Å². The van der Waals surface area contributed by atoms with Crippen LogP contribution in [0, 0.1) is 0 Å². The number of nitrogens with one attached hydrogen (secondary N) is 1. The zero-order chi connectivity index (χ0) is 11.4. The summed E-state index contributed by atoms with van der Waals surface area (Å²) in [5, 5.41) is 3.58. The Kier molecular flexibility index (Phi) is 4.57. The number of likely N-dealkylation sites (tertiary alicyclic amines) is 1. The van der Waals surface area contributed by atoms with Crippen LogP contribution in [0.15, 0.2) is 0 Å². The second-order valence-electron chi connectivity index (χ2n) is 5.51. The molecule has 0 radical (unpaired) electrons. The fourth-order valence-corrected chi connectivity index (χ4v) is 4.36. The maximum atomic E-state index is 3.58.